The monoisotopic (exact) mass is 453 g/mol. The molecule has 0 fully saturated rings. The van der Waals surface area contributed by atoms with E-state index in [0.29, 0.717) is 27.5 Å². The molecule has 1 unspecified atom stereocenters. The highest BCUT2D eigenvalue weighted by Crippen LogP contribution is 2.30. The SMILES string of the molecule is CC(C)Cn1c(SCc2ccc(Cl)c(Cl)c2)nnc1C(C)Oc1ccccc1F. The molecule has 0 bridgehead atoms. The summed E-state index contributed by atoms with van der Waals surface area (Å²) in [5.74, 6) is 1.52. The van der Waals surface area contributed by atoms with E-state index in [1.807, 2.05) is 23.6 Å². The van der Waals surface area contributed by atoms with E-state index in [1.54, 1.807) is 36.0 Å². The van der Waals surface area contributed by atoms with Gasteiger partial charge < -0.3 is 9.30 Å². The second kappa shape index (κ2) is 9.83. The van der Waals surface area contributed by atoms with Gasteiger partial charge in [0.25, 0.3) is 0 Å². The van der Waals surface area contributed by atoms with Gasteiger partial charge in [-0.15, -0.1) is 10.2 Å². The van der Waals surface area contributed by atoms with Crippen LogP contribution in [0.3, 0.4) is 0 Å². The summed E-state index contributed by atoms with van der Waals surface area (Å²) >= 11 is 13.7. The Bertz CT molecular complexity index is 980. The number of para-hydroxylation sites is 1. The van der Waals surface area contributed by atoms with Crippen molar-refractivity contribution in [3.63, 3.8) is 0 Å². The summed E-state index contributed by atoms with van der Waals surface area (Å²) in [6.45, 7) is 6.83. The van der Waals surface area contributed by atoms with Crippen molar-refractivity contribution in [1.82, 2.24) is 14.8 Å². The molecule has 1 heterocycles. The number of hydrogen-bond acceptors (Lipinski definition) is 4. The van der Waals surface area contributed by atoms with Gasteiger partial charge in [0.1, 0.15) is 0 Å². The summed E-state index contributed by atoms with van der Waals surface area (Å²) in [6.07, 6.45) is -0.447. The first-order chi connectivity index (χ1) is 13.8. The molecule has 8 heteroatoms. The normalized spacial score (nSPS) is 12.4. The van der Waals surface area contributed by atoms with E-state index < -0.39 is 11.9 Å². The van der Waals surface area contributed by atoms with E-state index in [2.05, 4.69) is 24.0 Å². The van der Waals surface area contributed by atoms with E-state index in [9.17, 15) is 4.39 Å². The Labute approximate surface area is 184 Å². The largest absolute Gasteiger partial charge is 0.480 e. The van der Waals surface area contributed by atoms with Gasteiger partial charge in [0.05, 0.1) is 10.0 Å². The number of rotatable bonds is 8. The Balaban J connectivity index is 1.80. The fraction of sp³-hybridized carbons (Fsp3) is 0.333. The lowest BCUT2D eigenvalue weighted by Gasteiger charge is -2.18. The third-order valence-electron chi connectivity index (χ3n) is 4.15. The summed E-state index contributed by atoms with van der Waals surface area (Å²) in [4.78, 5) is 0. The van der Waals surface area contributed by atoms with E-state index >= 15 is 0 Å². The summed E-state index contributed by atoms with van der Waals surface area (Å²) in [7, 11) is 0. The van der Waals surface area contributed by atoms with Crippen molar-refractivity contribution in [2.24, 2.45) is 5.92 Å². The molecular formula is C21H22Cl2FN3OS. The number of thioether (sulfide) groups is 1. The summed E-state index contributed by atoms with van der Waals surface area (Å²) in [5, 5.41) is 10.5. The predicted octanol–water partition coefficient (Wildman–Crippen LogP) is 6.81. The van der Waals surface area contributed by atoms with Crippen LogP contribution >= 0.6 is 35.0 Å². The minimum Gasteiger partial charge on any atom is -0.480 e. The minimum atomic E-state index is -0.447. The first kappa shape index (κ1) is 21.9. The zero-order valence-corrected chi connectivity index (χ0v) is 18.7. The molecule has 0 aliphatic rings. The molecule has 0 saturated carbocycles. The van der Waals surface area contributed by atoms with Gasteiger partial charge in [0.2, 0.25) is 0 Å². The molecule has 29 heavy (non-hydrogen) atoms. The molecule has 0 N–H and O–H groups in total. The van der Waals surface area contributed by atoms with E-state index in [-0.39, 0.29) is 5.75 Å². The standard InChI is InChI=1S/C21H22Cl2FN3OS/c1-13(2)11-27-20(14(3)28-19-7-5-4-6-18(19)24)25-26-21(27)29-12-15-8-9-16(22)17(23)10-15/h4-10,13-14H,11-12H2,1-3H3. The molecule has 1 atom stereocenters. The lowest BCUT2D eigenvalue weighted by atomic mass is 10.2. The van der Waals surface area contributed by atoms with Gasteiger partial charge in [0, 0.05) is 12.3 Å². The fourth-order valence-corrected chi connectivity index (χ4v) is 4.02. The third kappa shape index (κ3) is 5.65. The van der Waals surface area contributed by atoms with Crippen LogP contribution in [0.4, 0.5) is 4.39 Å². The van der Waals surface area contributed by atoms with Crippen molar-refractivity contribution >= 4 is 35.0 Å². The minimum absolute atomic E-state index is 0.198. The van der Waals surface area contributed by atoms with Gasteiger partial charge in [-0.3, -0.25) is 0 Å². The maximum atomic E-state index is 14.0. The zero-order valence-electron chi connectivity index (χ0n) is 16.4. The highest BCUT2D eigenvalue weighted by Gasteiger charge is 2.21. The van der Waals surface area contributed by atoms with Gasteiger partial charge in [-0.1, -0.05) is 67.0 Å². The van der Waals surface area contributed by atoms with Crippen LogP contribution in [0.1, 0.15) is 38.3 Å². The van der Waals surface area contributed by atoms with Gasteiger partial charge >= 0.3 is 0 Å². The lowest BCUT2D eigenvalue weighted by molar-refractivity contribution is 0.198. The summed E-state index contributed by atoms with van der Waals surface area (Å²) in [6, 6.07) is 11.9. The molecule has 0 radical (unpaired) electrons. The molecule has 0 amide bonds. The number of nitrogens with zero attached hydrogens (tertiary/aromatic N) is 3. The quantitative estimate of drug-likeness (QED) is 0.351. The van der Waals surface area contributed by atoms with E-state index in [1.165, 1.54) is 6.07 Å². The van der Waals surface area contributed by atoms with Gasteiger partial charge in [-0.25, -0.2) is 4.39 Å². The first-order valence-corrected chi connectivity index (χ1v) is 11.0. The number of aromatic nitrogens is 3. The first-order valence-electron chi connectivity index (χ1n) is 9.26. The zero-order chi connectivity index (χ0) is 21.0. The van der Waals surface area contributed by atoms with Crippen molar-refractivity contribution in [3.05, 3.63) is 69.7 Å². The maximum Gasteiger partial charge on any atom is 0.191 e. The average Bonchev–Trinajstić information content (AvgIpc) is 3.06. The van der Waals surface area contributed by atoms with Crippen LogP contribution in [-0.4, -0.2) is 14.8 Å². The number of halogens is 3. The second-order valence-corrected chi connectivity index (χ2v) is 8.83. The van der Waals surface area contributed by atoms with Crippen molar-refractivity contribution in [2.75, 3.05) is 0 Å². The maximum absolute atomic E-state index is 14.0. The second-order valence-electron chi connectivity index (χ2n) is 7.07. The lowest BCUT2D eigenvalue weighted by Crippen LogP contribution is -2.15. The summed E-state index contributed by atoms with van der Waals surface area (Å²) in [5.41, 5.74) is 1.04. The fourth-order valence-electron chi connectivity index (χ4n) is 2.81. The third-order valence-corrected chi connectivity index (χ3v) is 5.93. The van der Waals surface area contributed by atoms with Crippen LogP contribution in [-0.2, 0) is 12.3 Å². The van der Waals surface area contributed by atoms with Crippen LogP contribution in [0.25, 0.3) is 0 Å². The Morgan fingerprint density at radius 1 is 1.07 bits per heavy atom. The Morgan fingerprint density at radius 3 is 2.52 bits per heavy atom. The number of benzene rings is 2. The number of hydrogen-bond donors (Lipinski definition) is 0. The molecule has 3 aromatic rings. The molecule has 0 spiro atoms. The van der Waals surface area contributed by atoms with E-state index in [0.717, 1.165) is 17.3 Å². The molecule has 4 nitrogen and oxygen atoms in total. The Hall–Kier alpha value is -1.76. The molecule has 2 aromatic carbocycles. The van der Waals surface area contributed by atoms with Crippen molar-refractivity contribution in [3.8, 4) is 5.75 Å². The summed E-state index contributed by atoms with van der Waals surface area (Å²) < 4.78 is 21.8. The Morgan fingerprint density at radius 2 is 1.83 bits per heavy atom. The van der Waals surface area contributed by atoms with Crippen LogP contribution < -0.4 is 4.74 Å². The van der Waals surface area contributed by atoms with Gasteiger partial charge in [-0.05, 0) is 42.7 Å². The molecule has 0 saturated heterocycles. The van der Waals surface area contributed by atoms with Crippen LogP contribution in [0.2, 0.25) is 10.0 Å². The molecule has 3 rings (SSSR count). The smallest absolute Gasteiger partial charge is 0.191 e. The van der Waals surface area contributed by atoms with Crippen LogP contribution in [0.5, 0.6) is 5.75 Å². The molecule has 154 valence electrons. The van der Waals surface area contributed by atoms with Crippen LogP contribution in [0.15, 0.2) is 47.6 Å². The highest BCUT2D eigenvalue weighted by atomic mass is 35.5. The highest BCUT2D eigenvalue weighted by molar-refractivity contribution is 7.98. The molecule has 1 aromatic heterocycles. The van der Waals surface area contributed by atoms with Gasteiger partial charge in [0.15, 0.2) is 28.7 Å². The van der Waals surface area contributed by atoms with Crippen LogP contribution in [0, 0.1) is 11.7 Å². The van der Waals surface area contributed by atoms with Gasteiger partial charge in [-0.2, -0.15) is 0 Å². The van der Waals surface area contributed by atoms with Crippen molar-refractivity contribution < 1.29 is 9.13 Å². The van der Waals surface area contributed by atoms with Crippen molar-refractivity contribution in [2.45, 2.75) is 44.3 Å². The number of ether oxygens (including phenoxy) is 1. The van der Waals surface area contributed by atoms with Crippen molar-refractivity contribution in [1.29, 1.82) is 0 Å². The Kier molecular flexibility index (Phi) is 7.44. The topological polar surface area (TPSA) is 39.9 Å². The van der Waals surface area contributed by atoms with E-state index in [4.69, 9.17) is 27.9 Å². The molecular weight excluding hydrogens is 432 g/mol. The average molecular weight is 454 g/mol. The molecule has 0 aliphatic heterocycles. The molecule has 0 aliphatic carbocycles. The predicted molar refractivity (Wildman–Crippen MR) is 116 cm³/mol.